The second-order valence-electron chi connectivity index (χ2n) is 4.71. The third kappa shape index (κ3) is 3.79. The van der Waals surface area contributed by atoms with E-state index >= 15 is 0 Å². The van der Waals surface area contributed by atoms with Crippen molar-refractivity contribution in [3.8, 4) is 0 Å². The van der Waals surface area contributed by atoms with Crippen molar-refractivity contribution in [1.82, 2.24) is 9.29 Å². The monoisotopic (exact) mass is 289 g/mol. The Hall–Kier alpha value is -1.38. The van der Waals surface area contributed by atoms with Gasteiger partial charge in [-0.15, -0.1) is 0 Å². The van der Waals surface area contributed by atoms with Crippen molar-refractivity contribution in [2.45, 2.75) is 30.8 Å². The molecule has 0 radical (unpaired) electrons. The minimum atomic E-state index is -3.78. The van der Waals surface area contributed by atoms with E-state index < -0.39 is 21.5 Å². The predicted octanol–water partition coefficient (Wildman–Crippen LogP) is -0.437. The number of hydrogen-bond acceptors (Lipinski definition) is 4. The van der Waals surface area contributed by atoms with Gasteiger partial charge < -0.3 is 15.4 Å². The fourth-order valence-electron chi connectivity index (χ4n) is 1.38. The average molecular weight is 289 g/mol. The van der Waals surface area contributed by atoms with Crippen LogP contribution in [0.15, 0.2) is 17.2 Å². The van der Waals surface area contributed by atoms with Crippen LogP contribution in [0.1, 0.15) is 30.8 Å². The van der Waals surface area contributed by atoms with Gasteiger partial charge in [-0.3, -0.25) is 4.79 Å². The van der Waals surface area contributed by atoms with Gasteiger partial charge in [-0.2, -0.15) is 0 Å². The van der Waals surface area contributed by atoms with E-state index in [-0.39, 0.29) is 17.1 Å². The third-order valence-electron chi connectivity index (χ3n) is 2.95. The van der Waals surface area contributed by atoms with E-state index in [2.05, 4.69) is 4.72 Å². The number of nitrogens with one attached hydrogen (secondary N) is 1. The number of hydrogen-bond donors (Lipinski definition) is 3. The summed E-state index contributed by atoms with van der Waals surface area (Å²) in [5.41, 5.74) is 4.10. The molecule has 0 aliphatic heterocycles. The van der Waals surface area contributed by atoms with Crippen LogP contribution in [0.2, 0.25) is 0 Å². The summed E-state index contributed by atoms with van der Waals surface area (Å²) in [4.78, 5) is 11.0. The summed E-state index contributed by atoms with van der Waals surface area (Å²) in [7, 11) is -2.25. The summed E-state index contributed by atoms with van der Waals surface area (Å²) < 4.78 is 27.6. The van der Waals surface area contributed by atoms with Crippen molar-refractivity contribution in [2.24, 2.45) is 12.8 Å². The van der Waals surface area contributed by atoms with Gasteiger partial charge in [0, 0.05) is 19.8 Å². The van der Waals surface area contributed by atoms with Gasteiger partial charge in [0.2, 0.25) is 10.0 Å². The number of carbonyl (C=O) groups is 1. The molecule has 108 valence electrons. The topological polar surface area (TPSA) is 114 Å². The van der Waals surface area contributed by atoms with Crippen LogP contribution in [-0.4, -0.2) is 36.1 Å². The number of aryl methyl sites for hydroxylation is 1. The fraction of sp³-hybridized carbons (Fsp3) is 0.545. The number of carbonyl (C=O) groups excluding carboxylic acids is 1. The maximum atomic E-state index is 12.0. The Morgan fingerprint density at radius 2 is 2.16 bits per heavy atom. The second kappa shape index (κ2) is 5.32. The fourth-order valence-corrected chi connectivity index (χ4v) is 2.62. The Bertz CT molecular complexity index is 575. The molecule has 1 aromatic rings. The Morgan fingerprint density at radius 1 is 1.58 bits per heavy atom. The highest BCUT2D eigenvalue weighted by Crippen LogP contribution is 2.14. The van der Waals surface area contributed by atoms with Crippen LogP contribution in [-0.2, 0) is 17.1 Å². The number of aliphatic hydroxyl groups is 1. The molecule has 0 spiro atoms. The minimum absolute atomic E-state index is 0.0595. The number of nitrogens with zero attached hydrogens (tertiary/aromatic N) is 1. The SMILES string of the molecule is CCC(C)(O)CNS(=O)(=O)c1cc(C(N)=O)n(C)c1. The molecule has 1 aromatic heterocycles. The summed E-state index contributed by atoms with van der Waals surface area (Å²) in [6.45, 7) is 3.18. The zero-order valence-corrected chi connectivity index (χ0v) is 12.0. The minimum Gasteiger partial charge on any atom is -0.389 e. The normalized spacial score (nSPS) is 15.2. The predicted molar refractivity (Wildman–Crippen MR) is 70.0 cm³/mol. The number of nitrogens with two attached hydrogens (primary N) is 1. The van der Waals surface area contributed by atoms with Crippen LogP contribution in [0.5, 0.6) is 0 Å². The first-order valence-corrected chi connectivity index (χ1v) is 7.25. The lowest BCUT2D eigenvalue weighted by atomic mass is 10.1. The molecule has 0 bridgehead atoms. The molecule has 7 nitrogen and oxygen atoms in total. The molecule has 8 heteroatoms. The van der Waals surface area contributed by atoms with Gasteiger partial charge in [0.25, 0.3) is 5.91 Å². The first-order valence-electron chi connectivity index (χ1n) is 5.77. The first kappa shape index (κ1) is 15.7. The Labute approximate surface area is 112 Å². The van der Waals surface area contributed by atoms with Crippen LogP contribution in [0.4, 0.5) is 0 Å². The van der Waals surface area contributed by atoms with Crippen molar-refractivity contribution in [3.63, 3.8) is 0 Å². The summed E-state index contributed by atoms with van der Waals surface area (Å²) >= 11 is 0. The largest absolute Gasteiger partial charge is 0.389 e. The van der Waals surface area contributed by atoms with Gasteiger partial charge in [0.05, 0.1) is 5.60 Å². The molecular formula is C11H19N3O4S. The number of aromatic nitrogens is 1. The second-order valence-corrected chi connectivity index (χ2v) is 6.48. The molecule has 1 amide bonds. The van der Waals surface area contributed by atoms with E-state index in [1.807, 2.05) is 0 Å². The molecule has 1 atom stereocenters. The molecular weight excluding hydrogens is 270 g/mol. The molecule has 0 fully saturated rings. The van der Waals surface area contributed by atoms with Crippen LogP contribution in [0.25, 0.3) is 0 Å². The van der Waals surface area contributed by atoms with Crippen LogP contribution in [0, 0.1) is 0 Å². The van der Waals surface area contributed by atoms with E-state index in [1.54, 1.807) is 6.92 Å². The van der Waals surface area contributed by atoms with Gasteiger partial charge in [0.15, 0.2) is 0 Å². The molecule has 0 saturated carbocycles. The van der Waals surface area contributed by atoms with Gasteiger partial charge >= 0.3 is 0 Å². The first-order chi connectivity index (χ1) is 8.59. The molecule has 19 heavy (non-hydrogen) atoms. The van der Waals surface area contributed by atoms with Crippen molar-refractivity contribution < 1.29 is 18.3 Å². The lowest BCUT2D eigenvalue weighted by Crippen LogP contribution is -2.39. The lowest BCUT2D eigenvalue weighted by molar-refractivity contribution is 0.0613. The van der Waals surface area contributed by atoms with Crippen molar-refractivity contribution in [1.29, 1.82) is 0 Å². The summed E-state index contributed by atoms with van der Waals surface area (Å²) in [6.07, 6.45) is 1.71. The molecule has 4 N–H and O–H groups in total. The summed E-state index contributed by atoms with van der Waals surface area (Å²) in [5.74, 6) is -0.704. The van der Waals surface area contributed by atoms with Crippen LogP contribution < -0.4 is 10.5 Å². The summed E-state index contributed by atoms with van der Waals surface area (Å²) in [6, 6.07) is 1.20. The molecule has 0 aliphatic carbocycles. The van der Waals surface area contributed by atoms with Crippen molar-refractivity contribution in [3.05, 3.63) is 18.0 Å². The smallest absolute Gasteiger partial charge is 0.265 e. The van der Waals surface area contributed by atoms with E-state index in [0.29, 0.717) is 6.42 Å². The van der Waals surface area contributed by atoms with Gasteiger partial charge in [-0.1, -0.05) is 6.92 Å². The number of primary amides is 1. The molecule has 1 unspecified atom stereocenters. The molecule has 0 aromatic carbocycles. The van der Waals surface area contributed by atoms with Crippen molar-refractivity contribution in [2.75, 3.05) is 6.54 Å². The van der Waals surface area contributed by atoms with Gasteiger partial charge in [0.1, 0.15) is 10.6 Å². The standard InChI is InChI=1S/C11H19N3O4S/c1-4-11(2,16)7-13-19(17,18)8-5-9(10(12)15)14(3)6-8/h5-6,13,16H,4,7H2,1-3H3,(H2,12,15). The van der Waals surface area contributed by atoms with E-state index in [4.69, 9.17) is 5.73 Å². The quantitative estimate of drug-likeness (QED) is 0.658. The Morgan fingerprint density at radius 3 is 2.58 bits per heavy atom. The maximum absolute atomic E-state index is 12.0. The van der Waals surface area contributed by atoms with Gasteiger partial charge in [-0.25, -0.2) is 13.1 Å². The highest BCUT2D eigenvalue weighted by Gasteiger charge is 2.24. The Kier molecular flexibility index (Phi) is 4.39. The Balaban J connectivity index is 2.96. The maximum Gasteiger partial charge on any atom is 0.265 e. The van der Waals surface area contributed by atoms with E-state index in [1.165, 1.54) is 30.8 Å². The van der Waals surface area contributed by atoms with Crippen LogP contribution in [0.3, 0.4) is 0 Å². The van der Waals surface area contributed by atoms with Gasteiger partial charge in [-0.05, 0) is 19.4 Å². The zero-order valence-electron chi connectivity index (χ0n) is 11.2. The molecule has 0 saturated heterocycles. The average Bonchev–Trinajstić information content (AvgIpc) is 2.70. The highest BCUT2D eigenvalue weighted by molar-refractivity contribution is 7.89. The van der Waals surface area contributed by atoms with Crippen molar-refractivity contribution >= 4 is 15.9 Å². The molecule has 1 heterocycles. The zero-order chi connectivity index (χ0) is 14.8. The highest BCUT2D eigenvalue weighted by atomic mass is 32.2. The van der Waals surface area contributed by atoms with E-state index in [0.717, 1.165) is 0 Å². The number of amides is 1. The lowest BCUT2D eigenvalue weighted by Gasteiger charge is -2.21. The summed E-state index contributed by atoms with van der Waals surface area (Å²) in [5, 5.41) is 9.78. The van der Waals surface area contributed by atoms with E-state index in [9.17, 15) is 18.3 Å². The third-order valence-corrected chi connectivity index (χ3v) is 4.32. The molecule has 0 aliphatic rings. The van der Waals surface area contributed by atoms with Crippen LogP contribution >= 0.6 is 0 Å². The number of rotatable bonds is 6. The molecule has 1 rings (SSSR count). The number of sulfonamides is 1.